The van der Waals surface area contributed by atoms with E-state index in [4.69, 9.17) is 4.42 Å². The predicted octanol–water partition coefficient (Wildman–Crippen LogP) is 14.8. The highest BCUT2D eigenvalue weighted by Gasteiger charge is 2.19. The molecule has 3 heteroatoms. The van der Waals surface area contributed by atoms with Crippen molar-refractivity contribution in [1.29, 1.82) is 0 Å². The molecule has 266 valence electrons. The first-order chi connectivity index (χ1) is 28.3. The number of nitrogens with zero attached hydrogens (tertiary/aromatic N) is 2. The number of hydrogen-bond acceptors (Lipinski definition) is 1. The van der Waals surface area contributed by atoms with Crippen molar-refractivity contribution in [2.24, 2.45) is 0 Å². The van der Waals surface area contributed by atoms with Gasteiger partial charge in [0.15, 0.2) is 0 Å². The van der Waals surface area contributed by atoms with Crippen LogP contribution in [-0.4, -0.2) is 9.13 Å². The van der Waals surface area contributed by atoms with Gasteiger partial charge in [-0.15, -0.1) is 0 Å². The predicted molar refractivity (Wildman–Crippen MR) is 239 cm³/mol. The number of rotatable bonds is 5. The second-order valence-electron chi connectivity index (χ2n) is 14.9. The molecule has 0 N–H and O–H groups in total. The van der Waals surface area contributed by atoms with Gasteiger partial charge >= 0.3 is 0 Å². The molecule has 0 aliphatic carbocycles. The van der Waals surface area contributed by atoms with Crippen LogP contribution in [-0.2, 0) is 0 Å². The molecule has 3 nitrogen and oxygen atoms in total. The molecule has 0 bridgehead atoms. The van der Waals surface area contributed by atoms with Crippen molar-refractivity contribution in [1.82, 2.24) is 9.13 Å². The average molecular weight is 727 g/mol. The molecule has 57 heavy (non-hydrogen) atoms. The lowest BCUT2D eigenvalue weighted by Crippen LogP contribution is -1.94. The van der Waals surface area contributed by atoms with E-state index >= 15 is 0 Å². The highest BCUT2D eigenvalue weighted by Crippen LogP contribution is 2.43. The molecule has 0 aliphatic heterocycles. The normalized spacial score (nSPS) is 11.9. The average Bonchev–Trinajstić information content (AvgIpc) is 3.94. The Morgan fingerprint density at radius 2 is 0.807 bits per heavy atom. The van der Waals surface area contributed by atoms with E-state index in [1.807, 2.05) is 0 Å². The first-order valence-electron chi connectivity index (χ1n) is 19.5. The largest absolute Gasteiger partial charge is 0.455 e. The van der Waals surface area contributed by atoms with Crippen molar-refractivity contribution < 1.29 is 4.42 Å². The number of fused-ring (bicyclic) bond motifs is 9. The molecule has 3 aromatic heterocycles. The molecule has 0 aliphatic rings. The fourth-order valence-corrected chi connectivity index (χ4v) is 9.07. The third kappa shape index (κ3) is 4.92. The molecule has 3 heterocycles. The summed E-state index contributed by atoms with van der Waals surface area (Å²) in [5, 5.41) is 7.15. The van der Waals surface area contributed by atoms with Crippen molar-refractivity contribution in [2.45, 2.75) is 0 Å². The second kappa shape index (κ2) is 12.5. The van der Waals surface area contributed by atoms with Crippen molar-refractivity contribution in [3.63, 3.8) is 0 Å². The van der Waals surface area contributed by atoms with Gasteiger partial charge in [0.05, 0.1) is 22.1 Å². The molecule has 0 unspecified atom stereocenters. The molecule has 0 fully saturated rings. The molecular weight excluding hydrogens is 693 g/mol. The van der Waals surface area contributed by atoms with Gasteiger partial charge in [0.25, 0.3) is 0 Å². The number of aromatic nitrogens is 2. The van der Waals surface area contributed by atoms with Gasteiger partial charge in [-0.3, -0.25) is 0 Å². The van der Waals surface area contributed by atoms with Gasteiger partial charge in [0, 0.05) is 49.3 Å². The molecule has 0 atom stereocenters. The minimum atomic E-state index is 0.891. The maximum Gasteiger partial charge on any atom is 0.143 e. The molecule has 0 saturated heterocycles. The van der Waals surface area contributed by atoms with E-state index < -0.39 is 0 Å². The third-order valence-electron chi connectivity index (χ3n) is 11.7. The Balaban J connectivity index is 1.07. The van der Waals surface area contributed by atoms with Gasteiger partial charge in [-0.25, -0.2) is 0 Å². The SMILES string of the molecule is c1ccc(-c2ccc(-n3c4ccccc4c4cc(-c5cc(-c6ccc7c8ccccc8n(-c8ccccc8)c7c6)cc6c5oc5ccccc56)ccc43)cc2)cc1. The number of benzene rings is 9. The lowest BCUT2D eigenvalue weighted by atomic mass is 9.94. The fraction of sp³-hybridized carbons (Fsp3) is 0. The van der Waals surface area contributed by atoms with E-state index in [0.717, 1.165) is 55.6 Å². The zero-order chi connectivity index (χ0) is 37.5. The van der Waals surface area contributed by atoms with Crippen molar-refractivity contribution in [2.75, 3.05) is 0 Å². The van der Waals surface area contributed by atoms with Crippen LogP contribution < -0.4 is 0 Å². The van der Waals surface area contributed by atoms with Crippen molar-refractivity contribution in [3.05, 3.63) is 206 Å². The first kappa shape index (κ1) is 31.7. The van der Waals surface area contributed by atoms with Crippen molar-refractivity contribution in [3.8, 4) is 44.8 Å². The Kier molecular flexibility index (Phi) is 6.93. The Bertz CT molecular complexity index is 3490. The molecule has 0 spiro atoms. The molecule has 9 aromatic carbocycles. The van der Waals surface area contributed by atoms with E-state index in [1.165, 1.54) is 54.7 Å². The van der Waals surface area contributed by atoms with Crippen LogP contribution in [0.15, 0.2) is 211 Å². The highest BCUT2D eigenvalue weighted by atomic mass is 16.3. The van der Waals surface area contributed by atoms with E-state index in [1.54, 1.807) is 0 Å². The number of furan rings is 1. The van der Waals surface area contributed by atoms with Gasteiger partial charge in [0.2, 0.25) is 0 Å². The minimum absolute atomic E-state index is 0.891. The van der Waals surface area contributed by atoms with Crippen LogP contribution in [0.5, 0.6) is 0 Å². The summed E-state index contributed by atoms with van der Waals surface area (Å²) in [5.74, 6) is 0. The van der Waals surface area contributed by atoms with E-state index in [9.17, 15) is 0 Å². The lowest BCUT2D eigenvalue weighted by Gasteiger charge is -2.12. The van der Waals surface area contributed by atoms with Gasteiger partial charge in [0.1, 0.15) is 11.2 Å². The number of para-hydroxylation sites is 4. The summed E-state index contributed by atoms with van der Waals surface area (Å²) in [6, 6.07) is 74.4. The smallest absolute Gasteiger partial charge is 0.143 e. The summed E-state index contributed by atoms with van der Waals surface area (Å²) in [6.07, 6.45) is 0. The molecule has 12 rings (SSSR count). The van der Waals surface area contributed by atoms with Crippen LogP contribution in [0.4, 0.5) is 0 Å². The summed E-state index contributed by atoms with van der Waals surface area (Å²) in [5.41, 5.74) is 15.7. The summed E-state index contributed by atoms with van der Waals surface area (Å²) < 4.78 is 11.5. The topological polar surface area (TPSA) is 23.0 Å². The Hall–Kier alpha value is -7.62. The summed E-state index contributed by atoms with van der Waals surface area (Å²) in [6.45, 7) is 0. The van der Waals surface area contributed by atoms with Crippen LogP contribution >= 0.6 is 0 Å². The highest BCUT2D eigenvalue weighted by molar-refractivity contribution is 6.15. The monoisotopic (exact) mass is 726 g/mol. The first-order valence-corrected chi connectivity index (χ1v) is 19.5. The minimum Gasteiger partial charge on any atom is -0.455 e. The van der Waals surface area contributed by atoms with E-state index in [-0.39, 0.29) is 0 Å². The Labute approximate surface area is 328 Å². The lowest BCUT2D eigenvalue weighted by molar-refractivity contribution is 0.670. The molecule has 12 aromatic rings. The Morgan fingerprint density at radius 3 is 1.58 bits per heavy atom. The third-order valence-corrected chi connectivity index (χ3v) is 11.7. The number of hydrogen-bond donors (Lipinski definition) is 0. The molecule has 0 radical (unpaired) electrons. The second-order valence-corrected chi connectivity index (χ2v) is 14.9. The Morgan fingerprint density at radius 1 is 0.281 bits per heavy atom. The summed E-state index contributed by atoms with van der Waals surface area (Å²) in [7, 11) is 0. The van der Waals surface area contributed by atoms with Gasteiger partial charge in [-0.1, -0.05) is 133 Å². The fourth-order valence-electron chi connectivity index (χ4n) is 9.07. The van der Waals surface area contributed by atoms with Crippen LogP contribution in [0.3, 0.4) is 0 Å². The molecular formula is C54H34N2O. The quantitative estimate of drug-likeness (QED) is 0.173. The molecule has 0 saturated carbocycles. The van der Waals surface area contributed by atoms with Crippen LogP contribution in [0.2, 0.25) is 0 Å². The molecule has 0 amide bonds. The van der Waals surface area contributed by atoms with Gasteiger partial charge in [-0.2, -0.15) is 0 Å². The van der Waals surface area contributed by atoms with E-state index in [0.29, 0.717) is 0 Å². The van der Waals surface area contributed by atoms with Gasteiger partial charge < -0.3 is 13.6 Å². The van der Waals surface area contributed by atoms with Gasteiger partial charge in [-0.05, 0) is 101 Å². The van der Waals surface area contributed by atoms with Crippen LogP contribution in [0, 0.1) is 0 Å². The maximum absolute atomic E-state index is 6.73. The zero-order valence-electron chi connectivity index (χ0n) is 30.9. The zero-order valence-corrected chi connectivity index (χ0v) is 30.9. The standard InChI is InChI=1S/C54H34N2O/c1-3-13-35(14-4-1)36-23-27-41(28-24-36)55-50-21-11-8-18-43(50)47-31-38(26-30-51(47)55)46-32-39(33-48-45-19-9-12-22-53(45)57-54(46)48)37-25-29-44-42-17-7-10-20-49(42)56(52(44)34-37)40-15-5-2-6-16-40/h1-34H. The summed E-state index contributed by atoms with van der Waals surface area (Å²) in [4.78, 5) is 0. The maximum atomic E-state index is 6.73. The van der Waals surface area contributed by atoms with Crippen molar-refractivity contribution >= 4 is 65.6 Å². The van der Waals surface area contributed by atoms with Crippen LogP contribution in [0.25, 0.3) is 110 Å². The van der Waals surface area contributed by atoms with Crippen LogP contribution in [0.1, 0.15) is 0 Å². The van der Waals surface area contributed by atoms with E-state index in [2.05, 4.69) is 215 Å². The summed E-state index contributed by atoms with van der Waals surface area (Å²) >= 11 is 0.